The van der Waals surface area contributed by atoms with Gasteiger partial charge in [0, 0.05) is 12.8 Å². The van der Waals surface area contributed by atoms with Crippen LogP contribution < -0.4 is 0 Å². The minimum Gasteiger partial charge on any atom is -0.469 e. The zero-order valence-electron chi connectivity index (χ0n) is 12.0. The summed E-state index contributed by atoms with van der Waals surface area (Å²) in [7, 11) is 1.46. The van der Waals surface area contributed by atoms with Crippen LogP contribution in [0.5, 0.6) is 0 Å². The van der Waals surface area contributed by atoms with Crippen LogP contribution in [0.4, 0.5) is 0 Å². The highest BCUT2D eigenvalue weighted by Gasteiger charge is 2.38. The molecule has 4 heteroatoms. The van der Waals surface area contributed by atoms with Crippen molar-refractivity contribution in [3.8, 4) is 0 Å². The third kappa shape index (κ3) is 2.67. The Labute approximate surface area is 119 Å². The average Bonchev–Trinajstić information content (AvgIpc) is 2.96. The Hall–Kier alpha value is -1.13. The van der Waals surface area contributed by atoms with Crippen molar-refractivity contribution in [2.45, 2.75) is 44.3 Å². The summed E-state index contributed by atoms with van der Waals surface area (Å²) in [6.45, 7) is 1.43. The first-order chi connectivity index (χ1) is 9.72. The third-order valence-electron chi connectivity index (χ3n) is 4.61. The highest BCUT2D eigenvalue weighted by molar-refractivity contribution is 5.72. The SMILES string of the molecule is COC(=O)C1CC=C(C2=CCC3(CC2)OCCO3)CC1. The Morgan fingerprint density at radius 2 is 2.00 bits per heavy atom. The molecule has 4 nitrogen and oxygen atoms in total. The van der Waals surface area contributed by atoms with E-state index >= 15 is 0 Å². The largest absolute Gasteiger partial charge is 0.469 e. The Balaban J connectivity index is 1.62. The van der Waals surface area contributed by atoms with Gasteiger partial charge in [-0.2, -0.15) is 0 Å². The molecular formula is C16H22O4. The molecular weight excluding hydrogens is 256 g/mol. The maximum Gasteiger partial charge on any atom is 0.308 e. The van der Waals surface area contributed by atoms with Crippen LogP contribution >= 0.6 is 0 Å². The van der Waals surface area contributed by atoms with E-state index in [9.17, 15) is 4.79 Å². The summed E-state index contributed by atoms with van der Waals surface area (Å²) in [5.41, 5.74) is 2.82. The van der Waals surface area contributed by atoms with Crippen LogP contribution in [0, 0.1) is 5.92 Å². The van der Waals surface area contributed by atoms with Crippen LogP contribution in [0.1, 0.15) is 38.5 Å². The van der Waals surface area contributed by atoms with E-state index in [1.807, 2.05) is 0 Å². The van der Waals surface area contributed by atoms with Gasteiger partial charge < -0.3 is 14.2 Å². The van der Waals surface area contributed by atoms with Crippen LogP contribution in [0.25, 0.3) is 0 Å². The first kappa shape index (κ1) is 13.8. The summed E-state index contributed by atoms with van der Waals surface area (Å²) >= 11 is 0. The van der Waals surface area contributed by atoms with Crippen LogP contribution in [-0.4, -0.2) is 32.1 Å². The Morgan fingerprint density at radius 3 is 2.55 bits per heavy atom. The molecule has 110 valence electrons. The van der Waals surface area contributed by atoms with Crippen molar-refractivity contribution in [3.05, 3.63) is 23.3 Å². The van der Waals surface area contributed by atoms with E-state index in [2.05, 4.69) is 12.2 Å². The lowest BCUT2D eigenvalue weighted by atomic mass is 9.82. The third-order valence-corrected chi connectivity index (χ3v) is 4.61. The maximum atomic E-state index is 11.5. The summed E-state index contributed by atoms with van der Waals surface area (Å²) in [6, 6.07) is 0. The van der Waals surface area contributed by atoms with Gasteiger partial charge in [0.25, 0.3) is 0 Å². The summed E-state index contributed by atoms with van der Waals surface area (Å²) in [6.07, 6.45) is 9.95. The number of allylic oxidation sites excluding steroid dienone is 3. The van der Waals surface area contributed by atoms with Crippen molar-refractivity contribution in [1.29, 1.82) is 0 Å². The summed E-state index contributed by atoms with van der Waals surface area (Å²) < 4.78 is 16.3. The molecule has 0 N–H and O–H groups in total. The molecule has 1 fully saturated rings. The van der Waals surface area contributed by atoms with Gasteiger partial charge in [-0.15, -0.1) is 0 Å². The second kappa shape index (κ2) is 5.70. The molecule has 3 rings (SSSR count). The van der Waals surface area contributed by atoms with Gasteiger partial charge in [0.05, 0.1) is 26.2 Å². The maximum absolute atomic E-state index is 11.5. The Kier molecular flexibility index (Phi) is 3.94. The predicted molar refractivity (Wildman–Crippen MR) is 74.0 cm³/mol. The lowest BCUT2D eigenvalue weighted by molar-refractivity contribution is -0.161. The van der Waals surface area contributed by atoms with Gasteiger partial charge in [0.15, 0.2) is 5.79 Å². The number of methoxy groups -OCH3 is 1. The molecule has 0 aromatic rings. The van der Waals surface area contributed by atoms with E-state index in [1.54, 1.807) is 0 Å². The minimum absolute atomic E-state index is 0.0424. The fourth-order valence-electron chi connectivity index (χ4n) is 3.37. The topological polar surface area (TPSA) is 44.8 Å². The first-order valence-electron chi connectivity index (χ1n) is 7.47. The standard InChI is InChI=1S/C16H22O4/c1-18-15(17)14-4-2-12(3-5-14)13-6-8-16(9-7-13)19-10-11-20-16/h2,6,14H,3-5,7-11H2,1H3. The number of rotatable bonds is 2. The smallest absolute Gasteiger partial charge is 0.308 e. The molecule has 1 heterocycles. The summed E-state index contributed by atoms with van der Waals surface area (Å²) in [5, 5.41) is 0. The molecule has 1 saturated heterocycles. The van der Waals surface area contributed by atoms with Gasteiger partial charge >= 0.3 is 5.97 Å². The fraction of sp³-hybridized carbons (Fsp3) is 0.688. The highest BCUT2D eigenvalue weighted by Crippen LogP contribution is 2.39. The van der Waals surface area contributed by atoms with E-state index in [-0.39, 0.29) is 17.7 Å². The molecule has 0 aromatic heterocycles. The molecule has 0 aromatic carbocycles. The molecule has 1 atom stereocenters. The van der Waals surface area contributed by atoms with Crippen molar-refractivity contribution in [2.75, 3.05) is 20.3 Å². The molecule has 0 radical (unpaired) electrons. The van der Waals surface area contributed by atoms with Crippen molar-refractivity contribution in [2.24, 2.45) is 5.92 Å². The van der Waals surface area contributed by atoms with Crippen molar-refractivity contribution < 1.29 is 19.0 Å². The Morgan fingerprint density at radius 1 is 1.25 bits per heavy atom. The van der Waals surface area contributed by atoms with Gasteiger partial charge in [-0.1, -0.05) is 12.2 Å². The monoisotopic (exact) mass is 278 g/mol. The van der Waals surface area contributed by atoms with E-state index in [0.29, 0.717) is 13.2 Å². The van der Waals surface area contributed by atoms with Crippen molar-refractivity contribution in [1.82, 2.24) is 0 Å². The lowest BCUT2D eigenvalue weighted by Gasteiger charge is -2.32. The predicted octanol–water partition coefficient (Wildman–Crippen LogP) is 2.74. The Bertz CT molecular complexity index is 443. The van der Waals surface area contributed by atoms with Gasteiger partial charge in [0.1, 0.15) is 0 Å². The zero-order chi connectivity index (χ0) is 14.0. The van der Waals surface area contributed by atoms with Crippen LogP contribution in [0.15, 0.2) is 23.3 Å². The molecule has 2 aliphatic carbocycles. The van der Waals surface area contributed by atoms with E-state index < -0.39 is 0 Å². The lowest BCUT2D eigenvalue weighted by Crippen LogP contribution is -2.32. The molecule has 1 unspecified atom stereocenters. The first-order valence-corrected chi connectivity index (χ1v) is 7.47. The number of carbonyl (C=O) groups excluding carboxylic acids is 1. The van der Waals surface area contributed by atoms with E-state index in [1.165, 1.54) is 18.3 Å². The van der Waals surface area contributed by atoms with Gasteiger partial charge in [-0.25, -0.2) is 0 Å². The quantitative estimate of drug-likeness (QED) is 0.729. The van der Waals surface area contributed by atoms with E-state index in [4.69, 9.17) is 14.2 Å². The molecule has 1 aliphatic heterocycles. The second-order valence-corrected chi connectivity index (χ2v) is 5.76. The second-order valence-electron chi connectivity index (χ2n) is 5.76. The normalized spacial score (nSPS) is 28.9. The van der Waals surface area contributed by atoms with Gasteiger partial charge in [-0.3, -0.25) is 4.79 Å². The zero-order valence-corrected chi connectivity index (χ0v) is 12.0. The molecule has 0 amide bonds. The molecule has 3 aliphatic rings. The molecule has 0 bridgehead atoms. The number of hydrogen-bond acceptors (Lipinski definition) is 4. The average molecular weight is 278 g/mol. The number of carbonyl (C=O) groups is 1. The van der Waals surface area contributed by atoms with Crippen LogP contribution in [0.3, 0.4) is 0 Å². The fourth-order valence-corrected chi connectivity index (χ4v) is 3.37. The van der Waals surface area contributed by atoms with Crippen molar-refractivity contribution >= 4 is 5.97 Å². The van der Waals surface area contributed by atoms with Crippen LogP contribution in [-0.2, 0) is 19.0 Å². The molecule has 20 heavy (non-hydrogen) atoms. The molecule has 1 spiro atoms. The summed E-state index contributed by atoms with van der Waals surface area (Å²) in [5.74, 6) is -0.377. The highest BCUT2D eigenvalue weighted by atomic mass is 16.7. The summed E-state index contributed by atoms with van der Waals surface area (Å²) in [4.78, 5) is 11.5. The number of hydrogen-bond donors (Lipinski definition) is 0. The minimum atomic E-state index is -0.340. The number of esters is 1. The van der Waals surface area contributed by atoms with E-state index in [0.717, 1.165) is 38.5 Å². The van der Waals surface area contributed by atoms with Gasteiger partial charge in [-0.05, 0) is 36.8 Å². The molecule has 0 saturated carbocycles. The number of ether oxygens (including phenoxy) is 3. The van der Waals surface area contributed by atoms with Crippen molar-refractivity contribution in [3.63, 3.8) is 0 Å². The van der Waals surface area contributed by atoms with Gasteiger partial charge in [0.2, 0.25) is 0 Å². The van der Waals surface area contributed by atoms with Crippen LogP contribution in [0.2, 0.25) is 0 Å².